The molecule has 0 amide bonds. The van der Waals surface area contributed by atoms with Crippen molar-refractivity contribution in [3.8, 4) is 11.5 Å². The van der Waals surface area contributed by atoms with Crippen LogP contribution in [0, 0.1) is 0 Å². The zero-order valence-corrected chi connectivity index (χ0v) is 14.4. The first kappa shape index (κ1) is 16.4. The van der Waals surface area contributed by atoms with Gasteiger partial charge in [-0.3, -0.25) is 0 Å². The fraction of sp³-hybridized carbons (Fsp3) is 0.429. The van der Waals surface area contributed by atoms with Gasteiger partial charge in [0.05, 0.1) is 6.10 Å². The molecule has 1 saturated carbocycles. The molecule has 2 N–H and O–H groups in total. The van der Waals surface area contributed by atoms with Crippen LogP contribution in [0.15, 0.2) is 48.5 Å². The highest BCUT2D eigenvalue weighted by Crippen LogP contribution is 2.35. The second-order valence-electron chi connectivity index (χ2n) is 6.99. The molecule has 4 heteroatoms. The number of rotatable bonds is 4. The summed E-state index contributed by atoms with van der Waals surface area (Å²) in [4.78, 5) is 0. The Hall–Kier alpha value is -2.04. The lowest BCUT2D eigenvalue weighted by Crippen LogP contribution is -2.34. The molecule has 1 aliphatic carbocycles. The summed E-state index contributed by atoms with van der Waals surface area (Å²) in [5.74, 6) is 1.63. The molecule has 1 aliphatic heterocycles. The Bertz CT molecular complexity index is 693. The summed E-state index contributed by atoms with van der Waals surface area (Å²) in [7, 11) is 0. The van der Waals surface area contributed by atoms with Crippen LogP contribution in [-0.4, -0.2) is 23.9 Å². The molecule has 1 atom stereocenters. The molecular formula is C21H25NO3. The minimum atomic E-state index is -0.0971. The van der Waals surface area contributed by atoms with Crippen molar-refractivity contribution in [2.75, 3.05) is 6.61 Å². The first-order chi connectivity index (χ1) is 12.3. The van der Waals surface area contributed by atoms with E-state index in [0.717, 1.165) is 49.3 Å². The first-order valence-electron chi connectivity index (χ1n) is 9.17. The summed E-state index contributed by atoms with van der Waals surface area (Å²) in [6.07, 6.45) is 3.79. The molecule has 2 aliphatic rings. The van der Waals surface area contributed by atoms with Crippen molar-refractivity contribution in [3.63, 3.8) is 0 Å². The SMILES string of the molecule is OC1CCC(NCc2ccc(C3COc4ccccc4O3)cc2)CC1. The third-order valence-electron chi connectivity index (χ3n) is 5.15. The Morgan fingerprint density at radius 2 is 1.64 bits per heavy atom. The Morgan fingerprint density at radius 3 is 2.40 bits per heavy atom. The van der Waals surface area contributed by atoms with Gasteiger partial charge in [-0.25, -0.2) is 0 Å². The zero-order valence-electron chi connectivity index (χ0n) is 14.4. The molecule has 0 radical (unpaired) electrons. The lowest BCUT2D eigenvalue weighted by Gasteiger charge is -2.27. The Labute approximate surface area is 148 Å². The van der Waals surface area contributed by atoms with Gasteiger partial charge in [0.25, 0.3) is 0 Å². The van der Waals surface area contributed by atoms with Crippen molar-refractivity contribution in [2.24, 2.45) is 0 Å². The molecule has 0 saturated heterocycles. The molecule has 1 heterocycles. The zero-order chi connectivity index (χ0) is 17.1. The molecule has 132 valence electrons. The minimum Gasteiger partial charge on any atom is -0.485 e. The fourth-order valence-corrected chi connectivity index (χ4v) is 3.58. The summed E-state index contributed by atoms with van der Waals surface area (Å²) in [6.45, 7) is 1.41. The largest absolute Gasteiger partial charge is 0.485 e. The van der Waals surface area contributed by atoms with Crippen molar-refractivity contribution in [2.45, 2.75) is 50.5 Å². The van der Waals surface area contributed by atoms with Crippen LogP contribution in [0.5, 0.6) is 11.5 Å². The maximum atomic E-state index is 9.58. The quantitative estimate of drug-likeness (QED) is 0.894. The fourth-order valence-electron chi connectivity index (χ4n) is 3.58. The van der Waals surface area contributed by atoms with Crippen molar-refractivity contribution in [3.05, 3.63) is 59.7 Å². The highest BCUT2D eigenvalue weighted by atomic mass is 16.6. The predicted octanol–water partition coefficient (Wildman–Crippen LogP) is 3.59. The summed E-state index contributed by atoms with van der Waals surface area (Å²) >= 11 is 0. The summed E-state index contributed by atoms with van der Waals surface area (Å²) in [5, 5.41) is 13.2. The van der Waals surface area contributed by atoms with Gasteiger partial charge < -0.3 is 19.9 Å². The lowest BCUT2D eigenvalue weighted by atomic mass is 9.93. The molecule has 2 aromatic carbocycles. The van der Waals surface area contributed by atoms with Crippen LogP contribution in [0.3, 0.4) is 0 Å². The molecule has 4 rings (SSSR count). The summed E-state index contributed by atoms with van der Waals surface area (Å²) in [5.41, 5.74) is 2.41. The van der Waals surface area contributed by atoms with Crippen molar-refractivity contribution in [1.82, 2.24) is 5.32 Å². The normalized spacial score (nSPS) is 25.6. The van der Waals surface area contributed by atoms with Crippen molar-refractivity contribution in [1.29, 1.82) is 0 Å². The van der Waals surface area contributed by atoms with Crippen LogP contribution in [0.4, 0.5) is 0 Å². The highest BCUT2D eigenvalue weighted by Gasteiger charge is 2.22. The molecule has 25 heavy (non-hydrogen) atoms. The van der Waals surface area contributed by atoms with E-state index < -0.39 is 0 Å². The lowest BCUT2D eigenvalue weighted by molar-refractivity contribution is 0.0913. The number of fused-ring (bicyclic) bond motifs is 1. The average Bonchev–Trinajstić information content (AvgIpc) is 2.68. The number of ether oxygens (including phenoxy) is 2. The van der Waals surface area contributed by atoms with Gasteiger partial charge in [-0.1, -0.05) is 36.4 Å². The maximum absolute atomic E-state index is 9.58. The van der Waals surface area contributed by atoms with Gasteiger partial charge in [-0.2, -0.15) is 0 Å². The maximum Gasteiger partial charge on any atom is 0.162 e. The van der Waals surface area contributed by atoms with Crippen LogP contribution < -0.4 is 14.8 Å². The van der Waals surface area contributed by atoms with E-state index in [2.05, 4.69) is 29.6 Å². The van der Waals surface area contributed by atoms with Gasteiger partial charge in [0.1, 0.15) is 6.61 Å². The van der Waals surface area contributed by atoms with E-state index in [1.165, 1.54) is 5.56 Å². The number of benzene rings is 2. The van der Waals surface area contributed by atoms with Crippen LogP contribution in [0.25, 0.3) is 0 Å². The second kappa shape index (κ2) is 7.46. The topological polar surface area (TPSA) is 50.7 Å². The third kappa shape index (κ3) is 3.97. The van der Waals surface area contributed by atoms with E-state index in [1.807, 2.05) is 24.3 Å². The van der Waals surface area contributed by atoms with Gasteiger partial charge in [-0.15, -0.1) is 0 Å². The van der Waals surface area contributed by atoms with E-state index in [-0.39, 0.29) is 12.2 Å². The number of para-hydroxylation sites is 2. The number of hydrogen-bond donors (Lipinski definition) is 2. The van der Waals surface area contributed by atoms with Crippen molar-refractivity contribution < 1.29 is 14.6 Å². The standard InChI is InChI=1S/C21H25NO3/c23-18-11-9-17(10-12-18)22-13-15-5-7-16(8-6-15)21-14-24-19-3-1-2-4-20(19)25-21/h1-8,17-18,21-23H,9-14H2. The number of hydrogen-bond acceptors (Lipinski definition) is 4. The summed E-state index contributed by atoms with van der Waals surface area (Å²) in [6, 6.07) is 16.9. The molecule has 4 nitrogen and oxygen atoms in total. The van der Waals surface area contributed by atoms with Gasteiger partial charge >= 0.3 is 0 Å². The van der Waals surface area contributed by atoms with Crippen LogP contribution in [0.2, 0.25) is 0 Å². The van der Waals surface area contributed by atoms with Crippen LogP contribution >= 0.6 is 0 Å². The predicted molar refractivity (Wildman–Crippen MR) is 96.9 cm³/mol. The van der Waals surface area contributed by atoms with Crippen LogP contribution in [0.1, 0.15) is 42.9 Å². The number of aliphatic hydroxyl groups excluding tert-OH is 1. The number of nitrogens with one attached hydrogen (secondary N) is 1. The van der Waals surface area contributed by atoms with E-state index >= 15 is 0 Å². The van der Waals surface area contributed by atoms with Gasteiger partial charge in [0, 0.05) is 12.6 Å². The van der Waals surface area contributed by atoms with E-state index in [9.17, 15) is 5.11 Å². The molecular weight excluding hydrogens is 314 g/mol. The smallest absolute Gasteiger partial charge is 0.162 e. The molecule has 1 unspecified atom stereocenters. The Morgan fingerprint density at radius 1 is 0.920 bits per heavy atom. The van der Waals surface area contributed by atoms with E-state index in [4.69, 9.17) is 9.47 Å². The molecule has 0 spiro atoms. The molecule has 0 aromatic heterocycles. The second-order valence-corrected chi connectivity index (χ2v) is 6.99. The number of aliphatic hydroxyl groups is 1. The monoisotopic (exact) mass is 339 g/mol. The molecule has 2 aromatic rings. The van der Waals surface area contributed by atoms with Gasteiger partial charge in [-0.05, 0) is 48.9 Å². The van der Waals surface area contributed by atoms with Gasteiger partial charge in [0.2, 0.25) is 0 Å². The first-order valence-corrected chi connectivity index (χ1v) is 9.17. The Balaban J connectivity index is 1.33. The van der Waals surface area contributed by atoms with Crippen LogP contribution in [-0.2, 0) is 6.54 Å². The third-order valence-corrected chi connectivity index (χ3v) is 5.15. The van der Waals surface area contributed by atoms with Gasteiger partial charge in [0.15, 0.2) is 17.6 Å². The molecule has 1 fully saturated rings. The summed E-state index contributed by atoms with van der Waals surface area (Å²) < 4.78 is 11.9. The van der Waals surface area contributed by atoms with E-state index in [1.54, 1.807) is 0 Å². The minimum absolute atomic E-state index is 0.0586. The van der Waals surface area contributed by atoms with Crippen molar-refractivity contribution >= 4 is 0 Å². The van der Waals surface area contributed by atoms with E-state index in [0.29, 0.717) is 12.6 Å². The average molecular weight is 339 g/mol. The highest BCUT2D eigenvalue weighted by molar-refractivity contribution is 5.41. The Kier molecular flexibility index (Phi) is 4.90. The molecule has 0 bridgehead atoms.